The Morgan fingerprint density at radius 2 is 1.59 bits per heavy atom. The average Bonchev–Trinajstić information content (AvgIpc) is 2.08. The van der Waals surface area contributed by atoms with Crippen molar-refractivity contribution in [1.82, 2.24) is 0 Å². The van der Waals surface area contributed by atoms with Crippen molar-refractivity contribution >= 4 is 7.82 Å². The molecule has 8 nitrogen and oxygen atoms in total. The van der Waals surface area contributed by atoms with E-state index in [9.17, 15) is 29.7 Å². The Kier molecular flexibility index (Phi) is 10.4. The summed E-state index contributed by atoms with van der Waals surface area (Å²) < 4.78 is 18.8. The van der Waals surface area contributed by atoms with E-state index in [-0.39, 0.29) is 59.1 Å². The first-order chi connectivity index (χ1) is 6.72. The molecule has 1 saturated heterocycles. The van der Waals surface area contributed by atoms with Gasteiger partial charge in [0, 0.05) is 0 Å². The van der Waals surface area contributed by atoms with Crippen molar-refractivity contribution in [3.63, 3.8) is 0 Å². The monoisotopic (exact) mass is 288 g/mol. The van der Waals surface area contributed by atoms with E-state index in [1.807, 2.05) is 0 Å². The Balaban J connectivity index is 0. The van der Waals surface area contributed by atoms with Crippen LogP contribution in [-0.2, 0) is 13.8 Å². The molecule has 1 aliphatic heterocycles. The van der Waals surface area contributed by atoms with Gasteiger partial charge in [0.05, 0.1) is 13.9 Å². The largest absolute Gasteiger partial charge is 1.00 e. The van der Waals surface area contributed by atoms with Gasteiger partial charge in [0.1, 0.15) is 18.3 Å². The first-order valence-electron chi connectivity index (χ1n) is 4.12. The molecular weight excluding hydrogens is 277 g/mol. The maximum Gasteiger partial charge on any atom is 1.00 e. The molecule has 0 aromatic carbocycles. The Morgan fingerprint density at radius 3 is 2.00 bits per heavy atom. The topological polar surface area (TPSA) is 142 Å². The van der Waals surface area contributed by atoms with Gasteiger partial charge in [0.2, 0.25) is 0 Å². The maximum atomic E-state index is 10.3. The number of phosphoric acid groups is 1. The van der Waals surface area contributed by atoms with Crippen LogP contribution < -0.4 is 68.9 Å². The number of hydrogen-bond acceptors (Lipinski definition) is 8. The minimum atomic E-state index is -5.32. The zero-order valence-electron chi connectivity index (χ0n) is 9.72. The van der Waals surface area contributed by atoms with Gasteiger partial charge in [-0.15, -0.1) is 0 Å². The summed E-state index contributed by atoms with van der Waals surface area (Å²) in [6.45, 7) is 1.33. The van der Waals surface area contributed by atoms with Crippen molar-refractivity contribution < 1.29 is 98.0 Å². The molecule has 0 aromatic heterocycles. The summed E-state index contributed by atoms with van der Waals surface area (Å²) in [5.74, 6) is 0. The third-order valence-electron chi connectivity index (χ3n) is 2.04. The first kappa shape index (κ1) is 21.3. The van der Waals surface area contributed by atoms with E-state index in [0.29, 0.717) is 0 Å². The van der Waals surface area contributed by atoms with Gasteiger partial charge in [-0.2, -0.15) is 0 Å². The van der Waals surface area contributed by atoms with Gasteiger partial charge in [-0.1, -0.05) is 0 Å². The van der Waals surface area contributed by atoms with E-state index in [1.54, 1.807) is 0 Å². The number of aliphatic hydroxyl groups excluding tert-OH is 3. The quantitative estimate of drug-likeness (QED) is 0.336. The molecule has 0 aromatic rings. The second kappa shape index (κ2) is 8.28. The van der Waals surface area contributed by atoms with Crippen LogP contribution in [0, 0.1) is 0 Å². The summed E-state index contributed by atoms with van der Waals surface area (Å²) >= 11 is 0. The van der Waals surface area contributed by atoms with E-state index < -0.39 is 38.5 Å². The molecule has 0 bridgehead atoms. The molecule has 0 saturated carbocycles. The SMILES string of the molecule is C[C@@H]1O[C@@H](OP(=O)([O-])[O-])[C@H](O)[C@H](O)[C@H]1O.[Na+].[Na+]. The Hall–Kier alpha value is 1.95. The summed E-state index contributed by atoms with van der Waals surface area (Å²) in [5, 5.41) is 27.7. The van der Waals surface area contributed by atoms with Gasteiger partial charge in [0.15, 0.2) is 6.29 Å². The van der Waals surface area contributed by atoms with Crippen LogP contribution in [0.1, 0.15) is 6.92 Å². The number of ether oxygens (including phenoxy) is 1. The van der Waals surface area contributed by atoms with Crippen LogP contribution in [0.2, 0.25) is 0 Å². The number of hydrogen-bond donors (Lipinski definition) is 3. The maximum absolute atomic E-state index is 10.3. The van der Waals surface area contributed by atoms with Gasteiger partial charge in [0.25, 0.3) is 0 Å². The molecular formula is C6H11Na2O8P. The van der Waals surface area contributed by atoms with Crippen LogP contribution in [0.3, 0.4) is 0 Å². The van der Waals surface area contributed by atoms with Crippen LogP contribution in [0.4, 0.5) is 0 Å². The van der Waals surface area contributed by atoms with Crippen LogP contribution in [0.15, 0.2) is 0 Å². The van der Waals surface area contributed by atoms with E-state index in [2.05, 4.69) is 4.52 Å². The van der Waals surface area contributed by atoms with Gasteiger partial charge in [-0.3, -0.25) is 0 Å². The number of rotatable bonds is 2. The third kappa shape index (κ3) is 6.29. The van der Waals surface area contributed by atoms with E-state index in [1.165, 1.54) is 6.92 Å². The Labute approximate surface area is 142 Å². The molecule has 5 atom stereocenters. The second-order valence-electron chi connectivity index (χ2n) is 3.23. The predicted molar refractivity (Wildman–Crippen MR) is 41.0 cm³/mol. The molecule has 1 heterocycles. The first-order valence-corrected chi connectivity index (χ1v) is 5.58. The fraction of sp³-hybridized carbons (Fsp3) is 1.00. The smallest absolute Gasteiger partial charge is 0.790 e. The normalized spacial score (nSPS) is 37.9. The minimum Gasteiger partial charge on any atom is -0.790 e. The summed E-state index contributed by atoms with van der Waals surface area (Å²) in [5.41, 5.74) is 0. The summed E-state index contributed by atoms with van der Waals surface area (Å²) in [4.78, 5) is 20.5. The fourth-order valence-electron chi connectivity index (χ4n) is 1.23. The molecule has 1 fully saturated rings. The zero-order valence-corrected chi connectivity index (χ0v) is 14.6. The Bertz CT molecular complexity index is 273. The molecule has 90 valence electrons. The van der Waals surface area contributed by atoms with Crippen LogP contribution in [0.5, 0.6) is 0 Å². The average molecular weight is 288 g/mol. The van der Waals surface area contributed by atoms with Crippen molar-refractivity contribution in [3.8, 4) is 0 Å². The summed E-state index contributed by atoms with van der Waals surface area (Å²) in [7, 11) is -5.32. The zero-order chi connectivity index (χ0) is 11.8. The van der Waals surface area contributed by atoms with E-state index in [4.69, 9.17) is 4.74 Å². The van der Waals surface area contributed by atoms with Crippen molar-refractivity contribution in [2.45, 2.75) is 37.6 Å². The predicted octanol–water partition coefficient (Wildman–Crippen LogP) is -9.33. The molecule has 0 aliphatic carbocycles. The van der Waals surface area contributed by atoms with Crippen LogP contribution in [-0.4, -0.2) is 46.0 Å². The van der Waals surface area contributed by atoms with E-state index >= 15 is 0 Å². The summed E-state index contributed by atoms with van der Waals surface area (Å²) in [6, 6.07) is 0. The second-order valence-corrected chi connectivity index (χ2v) is 4.34. The molecule has 0 radical (unpaired) electrons. The van der Waals surface area contributed by atoms with Crippen molar-refractivity contribution in [3.05, 3.63) is 0 Å². The van der Waals surface area contributed by atoms with E-state index in [0.717, 1.165) is 0 Å². The molecule has 0 amide bonds. The molecule has 17 heavy (non-hydrogen) atoms. The standard InChI is InChI=1S/C6H13O8P.2Na/c1-2-3(7)4(8)5(9)6(13-2)14-15(10,11)12;;/h2-9H,1H3,(H2,10,11,12);;/q;2*+1/p-2/t2-,3-,4+,5+,6-;;/m0../s1. The van der Waals surface area contributed by atoms with Crippen molar-refractivity contribution in [2.24, 2.45) is 0 Å². The van der Waals surface area contributed by atoms with Gasteiger partial charge >= 0.3 is 59.1 Å². The molecule has 11 heteroatoms. The number of phosphoric ester groups is 1. The third-order valence-corrected chi connectivity index (χ3v) is 2.51. The molecule has 0 spiro atoms. The van der Waals surface area contributed by atoms with Crippen LogP contribution >= 0.6 is 7.82 Å². The van der Waals surface area contributed by atoms with Gasteiger partial charge < -0.3 is 38.9 Å². The number of aliphatic hydroxyl groups is 3. The molecule has 0 unspecified atom stereocenters. The molecule has 3 N–H and O–H groups in total. The molecule has 1 rings (SSSR count). The van der Waals surface area contributed by atoms with Gasteiger partial charge in [-0.25, -0.2) is 0 Å². The van der Waals surface area contributed by atoms with Gasteiger partial charge in [-0.05, 0) is 6.92 Å². The summed E-state index contributed by atoms with van der Waals surface area (Å²) in [6.07, 6.45) is -7.56. The molecule has 1 aliphatic rings. The Morgan fingerprint density at radius 1 is 1.12 bits per heavy atom. The van der Waals surface area contributed by atoms with Crippen LogP contribution in [0.25, 0.3) is 0 Å². The fourth-order valence-corrected chi connectivity index (χ4v) is 1.66. The van der Waals surface area contributed by atoms with Crippen molar-refractivity contribution in [2.75, 3.05) is 0 Å². The van der Waals surface area contributed by atoms with Crippen molar-refractivity contribution in [1.29, 1.82) is 0 Å². The minimum absolute atomic E-state index is 0.